The van der Waals surface area contributed by atoms with Crippen LogP contribution in [0.5, 0.6) is 0 Å². The van der Waals surface area contributed by atoms with Gasteiger partial charge in [-0.2, -0.15) is 5.10 Å². The lowest BCUT2D eigenvalue weighted by molar-refractivity contribution is -0.112. The van der Waals surface area contributed by atoms with Crippen LogP contribution in [0.3, 0.4) is 0 Å². The summed E-state index contributed by atoms with van der Waals surface area (Å²) < 4.78 is 5.41. The van der Waals surface area contributed by atoms with Crippen molar-refractivity contribution >= 4 is 22.4 Å². The molecule has 1 aromatic heterocycles. The Kier molecular flexibility index (Phi) is 5.23. The SMILES string of the molecule is O=C(Nc1ccc(-c2n[nH]c(=O)c3ccccc23)cc1)C1=CN(C2CCOCC2)NC1. The van der Waals surface area contributed by atoms with E-state index in [1.165, 1.54) is 0 Å². The molecule has 0 saturated carbocycles. The van der Waals surface area contributed by atoms with E-state index >= 15 is 0 Å². The number of hydrogen-bond donors (Lipinski definition) is 3. The van der Waals surface area contributed by atoms with Crippen LogP contribution >= 0.6 is 0 Å². The molecule has 8 nitrogen and oxygen atoms in total. The molecule has 2 aliphatic rings. The molecule has 0 spiro atoms. The third-order valence-electron chi connectivity index (χ3n) is 5.74. The van der Waals surface area contributed by atoms with E-state index in [9.17, 15) is 9.59 Å². The highest BCUT2D eigenvalue weighted by molar-refractivity contribution is 6.04. The topological polar surface area (TPSA) is 99.3 Å². The van der Waals surface area contributed by atoms with Gasteiger partial charge >= 0.3 is 0 Å². The van der Waals surface area contributed by atoms with Crippen LogP contribution < -0.4 is 16.3 Å². The lowest BCUT2D eigenvalue weighted by Gasteiger charge is -2.30. The first-order valence-corrected chi connectivity index (χ1v) is 10.4. The van der Waals surface area contributed by atoms with Gasteiger partial charge in [-0.25, -0.2) is 10.5 Å². The van der Waals surface area contributed by atoms with Gasteiger partial charge < -0.3 is 15.1 Å². The standard InChI is InChI=1S/C23H23N5O3/c29-22(16-13-24-28(14-16)18-9-11-31-12-10-18)25-17-7-5-15(6-8-17)21-19-3-1-2-4-20(19)23(30)27-26-21/h1-8,14,18,24H,9-13H2,(H,25,29)(H,27,30). The van der Waals surface area contributed by atoms with Crippen molar-refractivity contribution < 1.29 is 9.53 Å². The predicted molar refractivity (Wildman–Crippen MR) is 118 cm³/mol. The molecule has 1 fully saturated rings. The summed E-state index contributed by atoms with van der Waals surface area (Å²) >= 11 is 0. The number of nitrogens with zero attached hydrogens (tertiary/aromatic N) is 2. The minimum atomic E-state index is -0.212. The van der Waals surface area contributed by atoms with E-state index in [1.54, 1.807) is 6.07 Å². The van der Waals surface area contributed by atoms with Crippen LogP contribution in [0.25, 0.3) is 22.0 Å². The largest absolute Gasteiger partial charge is 0.381 e. The van der Waals surface area contributed by atoms with Crippen LogP contribution in [0.4, 0.5) is 5.69 Å². The summed E-state index contributed by atoms with van der Waals surface area (Å²) in [7, 11) is 0. The molecule has 0 unspecified atom stereocenters. The molecule has 3 heterocycles. The molecule has 0 bridgehead atoms. The summed E-state index contributed by atoms with van der Waals surface area (Å²) in [5, 5.41) is 13.2. The van der Waals surface area contributed by atoms with Gasteiger partial charge in [0.25, 0.3) is 11.5 Å². The number of amides is 1. The fraction of sp³-hybridized carbons (Fsp3) is 0.261. The maximum atomic E-state index is 12.7. The van der Waals surface area contributed by atoms with Crippen LogP contribution in [0.2, 0.25) is 0 Å². The molecule has 158 valence electrons. The van der Waals surface area contributed by atoms with Gasteiger partial charge in [-0.15, -0.1) is 0 Å². The first-order valence-electron chi connectivity index (χ1n) is 10.4. The molecule has 3 N–H and O–H groups in total. The lowest BCUT2D eigenvalue weighted by Crippen LogP contribution is -2.41. The monoisotopic (exact) mass is 417 g/mol. The number of fused-ring (bicyclic) bond motifs is 1. The number of aromatic nitrogens is 2. The van der Waals surface area contributed by atoms with E-state index in [-0.39, 0.29) is 11.5 Å². The average Bonchev–Trinajstić information content (AvgIpc) is 3.32. The van der Waals surface area contributed by atoms with E-state index in [2.05, 4.69) is 20.9 Å². The zero-order valence-electron chi connectivity index (χ0n) is 16.9. The number of carbonyl (C=O) groups excluding carboxylic acids is 1. The van der Waals surface area contributed by atoms with Crippen LogP contribution in [0.15, 0.2) is 65.1 Å². The second-order valence-corrected chi connectivity index (χ2v) is 7.72. The number of hydrogen-bond acceptors (Lipinski definition) is 6. The van der Waals surface area contributed by atoms with Crippen molar-refractivity contribution in [3.63, 3.8) is 0 Å². The van der Waals surface area contributed by atoms with Gasteiger partial charge in [-0.3, -0.25) is 9.59 Å². The summed E-state index contributed by atoms with van der Waals surface area (Å²) in [6.07, 6.45) is 3.80. The molecule has 0 radical (unpaired) electrons. The maximum Gasteiger partial charge on any atom is 0.272 e. The second kappa shape index (κ2) is 8.33. The zero-order valence-corrected chi connectivity index (χ0v) is 16.9. The van der Waals surface area contributed by atoms with Crippen molar-refractivity contribution in [2.75, 3.05) is 25.1 Å². The number of H-pyrrole nitrogens is 1. The van der Waals surface area contributed by atoms with Crippen LogP contribution in [-0.4, -0.2) is 46.9 Å². The number of nitrogens with one attached hydrogen (secondary N) is 3. The number of carbonyl (C=O) groups is 1. The van der Waals surface area contributed by atoms with Crippen LogP contribution in [0, 0.1) is 0 Å². The van der Waals surface area contributed by atoms with Crippen LogP contribution in [-0.2, 0) is 9.53 Å². The summed E-state index contributed by atoms with van der Waals surface area (Å²) in [4.78, 5) is 24.7. The number of benzene rings is 2. The molecular weight excluding hydrogens is 394 g/mol. The first-order chi connectivity index (χ1) is 15.2. The van der Waals surface area contributed by atoms with Crippen molar-refractivity contribution in [1.29, 1.82) is 0 Å². The predicted octanol–water partition coefficient (Wildman–Crippen LogP) is 2.41. The third kappa shape index (κ3) is 3.95. The van der Waals surface area contributed by atoms with Crippen LogP contribution in [0.1, 0.15) is 12.8 Å². The fourth-order valence-corrected chi connectivity index (χ4v) is 4.03. The summed E-state index contributed by atoms with van der Waals surface area (Å²) in [5.74, 6) is -0.123. The Morgan fingerprint density at radius 3 is 2.58 bits per heavy atom. The van der Waals surface area contributed by atoms with E-state index in [1.807, 2.05) is 53.7 Å². The van der Waals surface area contributed by atoms with E-state index < -0.39 is 0 Å². The van der Waals surface area contributed by atoms with Gasteiger partial charge in [0.15, 0.2) is 0 Å². The minimum Gasteiger partial charge on any atom is -0.381 e. The molecule has 1 amide bonds. The minimum absolute atomic E-state index is 0.123. The molecule has 2 aliphatic heterocycles. The molecule has 1 saturated heterocycles. The molecule has 8 heteroatoms. The Labute approximate surface area is 178 Å². The van der Waals surface area contributed by atoms with Gasteiger partial charge in [0.05, 0.1) is 16.7 Å². The Balaban J connectivity index is 1.31. The van der Waals surface area contributed by atoms with Crippen molar-refractivity contribution in [2.45, 2.75) is 18.9 Å². The summed E-state index contributed by atoms with van der Waals surface area (Å²) in [6.45, 7) is 2.02. The number of rotatable bonds is 4. The fourth-order valence-electron chi connectivity index (χ4n) is 4.03. The average molecular weight is 417 g/mol. The Morgan fingerprint density at radius 1 is 1.06 bits per heavy atom. The highest BCUT2D eigenvalue weighted by Crippen LogP contribution is 2.25. The van der Waals surface area contributed by atoms with Gasteiger partial charge in [-0.05, 0) is 31.0 Å². The first kappa shape index (κ1) is 19.5. The van der Waals surface area contributed by atoms with Crippen molar-refractivity contribution in [2.24, 2.45) is 0 Å². The number of ether oxygens (including phenoxy) is 1. The molecule has 2 aromatic carbocycles. The number of hydrazine groups is 1. The smallest absolute Gasteiger partial charge is 0.272 e. The van der Waals surface area contributed by atoms with Gasteiger partial charge in [0.1, 0.15) is 0 Å². The molecule has 5 rings (SSSR count). The zero-order chi connectivity index (χ0) is 21.2. The summed E-state index contributed by atoms with van der Waals surface area (Å²) in [5.41, 5.74) is 6.03. The van der Waals surface area contributed by atoms with Crippen molar-refractivity contribution in [3.05, 3.63) is 70.7 Å². The lowest BCUT2D eigenvalue weighted by atomic mass is 10.0. The van der Waals surface area contributed by atoms with Gasteiger partial charge in [0.2, 0.25) is 0 Å². The Morgan fingerprint density at radius 2 is 1.81 bits per heavy atom. The molecule has 0 atom stereocenters. The van der Waals surface area contributed by atoms with E-state index in [0.29, 0.717) is 34.9 Å². The van der Waals surface area contributed by atoms with Gasteiger partial charge in [0, 0.05) is 48.6 Å². The molecule has 3 aromatic rings. The molecule has 0 aliphatic carbocycles. The Hall–Kier alpha value is -3.49. The Bertz CT molecular complexity index is 1200. The quantitative estimate of drug-likeness (QED) is 0.603. The van der Waals surface area contributed by atoms with Gasteiger partial charge in [-0.1, -0.05) is 30.3 Å². The number of anilines is 1. The maximum absolute atomic E-state index is 12.7. The molecular formula is C23H23N5O3. The normalized spacial score (nSPS) is 17.0. The highest BCUT2D eigenvalue weighted by atomic mass is 16.5. The summed E-state index contributed by atoms with van der Waals surface area (Å²) in [6, 6.07) is 15.2. The van der Waals surface area contributed by atoms with E-state index in [4.69, 9.17) is 4.74 Å². The third-order valence-corrected chi connectivity index (χ3v) is 5.74. The molecule has 31 heavy (non-hydrogen) atoms. The van der Waals surface area contributed by atoms with Crippen molar-refractivity contribution in [1.82, 2.24) is 20.6 Å². The van der Waals surface area contributed by atoms with E-state index in [0.717, 1.165) is 37.0 Å². The van der Waals surface area contributed by atoms with Crippen molar-refractivity contribution in [3.8, 4) is 11.3 Å². The second-order valence-electron chi connectivity index (χ2n) is 7.72. The number of aromatic amines is 1. The highest BCUT2D eigenvalue weighted by Gasteiger charge is 2.25.